The van der Waals surface area contributed by atoms with Crippen LogP contribution in [0.3, 0.4) is 0 Å². The molecule has 2 N–H and O–H groups in total. The number of hydrogen-bond donors (Lipinski definition) is 1. The van der Waals surface area contributed by atoms with E-state index in [1.807, 2.05) is 6.92 Å². The van der Waals surface area contributed by atoms with Crippen LogP contribution in [0.25, 0.3) is 0 Å². The van der Waals surface area contributed by atoms with Gasteiger partial charge in [0.1, 0.15) is 0 Å². The first kappa shape index (κ1) is 9.26. The molecule has 1 saturated carbocycles. The number of carbonyl (C=O) groups excluding carboxylic acids is 1. The van der Waals surface area contributed by atoms with E-state index in [0.29, 0.717) is 13.1 Å². The molecular weight excluding hydrogens is 152 g/mol. The fourth-order valence-electron chi connectivity index (χ4n) is 1.17. The van der Waals surface area contributed by atoms with Gasteiger partial charge >= 0.3 is 0 Å². The molecule has 0 aromatic carbocycles. The van der Waals surface area contributed by atoms with Crippen LogP contribution in [0.5, 0.6) is 0 Å². The number of rotatable bonds is 4. The van der Waals surface area contributed by atoms with Crippen molar-refractivity contribution >= 4 is 5.91 Å². The maximum atomic E-state index is 11.6. The zero-order valence-corrected chi connectivity index (χ0v) is 7.55. The molecule has 1 rings (SSSR count). The molecule has 0 radical (unpaired) electrons. The van der Waals surface area contributed by atoms with Gasteiger partial charge in [-0.2, -0.15) is 0 Å². The number of nitrogens with two attached hydrogens (primary N) is 1. The lowest BCUT2D eigenvalue weighted by molar-refractivity contribution is -0.132. The number of carbonyl (C=O) groups is 1. The van der Waals surface area contributed by atoms with Gasteiger partial charge < -0.3 is 10.6 Å². The Morgan fingerprint density at radius 3 is 2.67 bits per heavy atom. The molecule has 3 heteroatoms. The Bertz CT molecular complexity index is 197. The summed E-state index contributed by atoms with van der Waals surface area (Å²) in [5, 5.41) is 0. The third-order valence-corrected chi connectivity index (χ3v) is 2.23. The highest BCUT2D eigenvalue weighted by Crippen LogP contribution is 2.33. The van der Waals surface area contributed by atoms with Crippen LogP contribution in [0.1, 0.15) is 19.8 Å². The molecule has 0 aliphatic heterocycles. The quantitative estimate of drug-likeness (QED) is 0.622. The van der Waals surface area contributed by atoms with Crippen molar-refractivity contribution in [3.05, 3.63) is 12.7 Å². The fourth-order valence-corrected chi connectivity index (χ4v) is 1.17. The Balaban J connectivity index is 2.53. The van der Waals surface area contributed by atoms with Crippen molar-refractivity contribution in [2.24, 2.45) is 5.73 Å². The molecule has 3 nitrogen and oxygen atoms in total. The first-order chi connectivity index (χ1) is 5.64. The smallest absolute Gasteiger partial charge is 0.242 e. The van der Waals surface area contributed by atoms with E-state index in [-0.39, 0.29) is 5.91 Å². The summed E-state index contributed by atoms with van der Waals surface area (Å²) in [6.45, 7) is 6.87. The van der Waals surface area contributed by atoms with E-state index in [0.717, 1.165) is 12.8 Å². The van der Waals surface area contributed by atoms with Gasteiger partial charge in [0.05, 0.1) is 5.54 Å². The highest BCUT2D eigenvalue weighted by Gasteiger charge is 2.47. The van der Waals surface area contributed by atoms with Crippen LogP contribution in [-0.4, -0.2) is 29.4 Å². The fraction of sp³-hybridized carbons (Fsp3) is 0.667. The van der Waals surface area contributed by atoms with Gasteiger partial charge in [-0.1, -0.05) is 6.08 Å². The molecule has 0 aromatic heterocycles. The van der Waals surface area contributed by atoms with E-state index in [9.17, 15) is 4.79 Å². The van der Waals surface area contributed by atoms with E-state index >= 15 is 0 Å². The van der Waals surface area contributed by atoms with Crippen molar-refractivity contribution in [2.75, 3.05) is 13.1 Å². The molecule has 0 atom stereocenters. The molecule has 1 aliphatic carbocycles. The number of nitrogens with zero attached hydrogens (tertiary/aromatic N) is 1. The molecule has 0 heterocycles. The van der Waals surface area contributed by atoms with Gasteiger partial charge in [-0.05, 0) is 19.8 Å². The van der Waals surface area contributed by atoms with Crippen molar-refractivity contribution in [2.45, 2.75) is 25.3 Å². The van der Waals surface area contributed by atoms with Crippen LogP contribution in [0, 0.1) is 0 Å². The second kappa shape index (κ2) is 3.27. The van der Waals surface area contributed by atoms with E-state index in [1.165, 1.54) is 0 Å². The zero-order chi connectivity index (χ0) is 9.19. The Morgan fingerprint density at radius 1 is 1.75 bits per heavy atom. The van der Waals surface area contributed by atoms with Crippen LogP contribution in [-0.2, 0) is 4.79 Å². The summed E-state index contributed by atoms with van der Waals surface area (Å²) in [6.07, 6.45) is 3.39. The third kappa shape index (κ3) is 1.67. The Labute approximate surface area is 73.2 Å². The maximum absolute atomic E-state index is 11.6. The highest BCUT2D eigenvalue weighted by molar-refractivity contribution is 5.89. The molecule has 0 aromatic rings. The van der Waals surface area contributed by atoms with Crippen LogP contribution < -0.4 is 5.73 Å². The molecule has 1 aliphatic rings. The summed E-state index contributed by atoms with van der Waals surface area (Å²) >= 11 is 0. The van der Waals surface area contributed by atoms with Crippen LogP contribution in [0.4, 0.5) is 0 Å². The van der Waals surface area contributed by atoms with Gasteiger partial charge in [0, 0.05) is 13.1 Å². The molecule has 68 valence electrons. The molecule has 0 saturated heterocycles. The van der Waals surface area contributed by atoms with Crippen molar-refractivity contribution < 1.29 is 4.79 Å². The van der Waals surface area contributed by atoms with Gasteiger partial charge in [0.2, 0.25) is 5.91 Å². The van der Waals surface area contributed by atoms with E-state index < -0.39 is 5.54 Å². The van der Waals surface area contributed by atoms with Crippen LogP contribution >= 0.6 is 0 Å². The average molecular weight is 168 g/mol. The third-order valence-electron chi connectivity index (χ3n) is 2.23. The van der Waals surface area contributed by atoms with E-state index in [1.54, 1.807) is 11.0 Å². The lowest BCUT2D eigenvalue weighted by atomic mass is 10.2. The second-order valence-corrected chi connectivity index (χ2v) is 3.29. The normalized spacial score (nSPS) is 18.5. The Morgan fingerprint density at radius 2 is 2.33 bits per heavy atom. The van der Waals surface area contributed by atoms with Gasteiger partial charge in [-0.3, -0.25) is 4.79 Å². The highest BCUT2D eigenvalue weighted by atomic mass is 16.2. The minimum Gasteiger partial charge on any atom is -0.338 e. The van der Waals surface area contributed by atoms with Crippen molar-refractivity contribution in [3.63, 3.8) is 0 Å². The number of hydrogen-bond acceptors (Lipinski definition) is 2. The Hall–Kier alpha value is -0.830. The average Bonchev–Trinajstić information content (AvgIpc) is 2.79. The van der Waals surface area contributed by atoms with Crippen molar-refractivity contribution in [1.82, 2.24) is 4.90 Å². The van der Waals surface area contributed by atoms with Gasteiger partial charge in [0.25, 0.3) is 0 Å². The maximum Gasteiger partial charge on any atom is 0.242 e. The van der Waals surface area contributed by atoms with Crippen LogP contribution in [0.15, 0.2) is 12.7 Å². The van der Waals surface area contributed by atoms with Crippen molar-refractivity contribution in [3.8, 4) is 0 Å². The summed E-state index contributed by atoms with van der Waals surface area (Å²) < 4.78 is 0. The Kier molecular flexibility index (Phi) is 2.52. The monoisotopic (exact) mass is 168 g/mol. The standard InChI is InChI=1S/C9H16N2O/c1-3-7-11(4-2)8(12)9(10)5-6-9/h3H,1,4-7,10H2,2H3. The summed E-state index contributed by atoms with van der Waals surface area (Å²) in [5.41, 5.74) is 5.24. The molecule has 1 fully saturated rings. The molecule has 0 bridgehead atoms. The largest absolute Gasteiger partial charge is 0.338 e. The lowest BCUT2D eigenvalue weighted by Crippen LogP contribution is -2.45. The number of likely N-dealkylation sites (N-methyl/N-ethyl adjacent to an activating group) is 1. The van der Waals surface area contributed by atoms with Crippen LogP contribution in [0.2, 0.25) is 0 Å². The summed E-state index contributed by atoms with van der Waals surface area (Å²) in [6, 6.07) is 0. The summed E-state index contributed by atoms with van der Waals surface area (Å²) in [4.78, 5) is 13.3. The second-order valence-electron chi connectivity index (χ2n) is 3.29. The topological polar surface area (TPSA) is 46.3 Å². The summed E-state index contributed by atoms with van der Waals surface area (Å²) in [7, 11) is 0. The first-order valence-corrected chi connectivity index (χ1v) is 4.33. The minimum atomic E-state index is -0.529. The van der Waals surface area contributed by atoms with E-state index in [4.69, 9.17) is 5.73 Å². The summed E-state index contributed by atoms with van der Waals surface area (Å²) in [5.74, 6) is 0.0740. The SMILES string of the molecule is C=CCN(CC)C(=O)C1(N)CC1. The molecule has 0 unspecified atom stereocenters. The van der Waals surface area contributed by atoms with Gasteiger partial charge in [0.15, 0.2) is 0 Å². The van der Waals surface area contributed by atoms with Gasteiger partial charge in [-0.15, -0.1) is 6.58 Å². The van der Waals surface area contributed by atoms with Gasteiger partial charge in [-0.25, -0.2) is 0 Å². The van der Waals surface area contributed by atoms with E-state index in [2.05, 4.69) is 6.58 Å². The molecule has 12 heavy (non-hydrogen) atoms. The predicted molar refractivity (Wildman–Crippen MR) is 48.6 cm³/mol. The molecular formula is C9H16N2O. The predicted octanol–water partition coefficient (Wildman–Crippen LogP) is 0.512. The minimum absolute atomic E-state index is 0.0740. The molecule has 1 amide bonds. The first-order valence-electron chi connectivity index (χ1n) is 4.33. The lowest BCUT2D eigenvalue weighted by Gasteiger charge is -2.22. The number of amides is 1. The zero-order valence-electron chi connectivity index (χ0n) is 7.55. The molecule has 0 spiro atoms. The van der Waals surface area contributed by atoms with Crippen molar-refractivity contribution in [1.29, 1.82) is 0 Å².